The molecule has 0 radical (unpaired) electrons. The number of thioether (sulfide) groups is 1. The lowest BCUT2D eigenvalue weighted by molar-refractivity contribution is 0.329. The molecule has 0 amide bonds. The number of nitrogens with one attached hydrogen (secondary N) is 1. The minimum absolute atomic E-state index is 0.182. The van der Waals surface area contributed by atoms with Crippen molar-refractivity contribution in [2.24, 2.45) is 5.92 Å². The van der Waals surface area contributed by atoms with Gasteiger partial charge < -0.3 is 5.32 Å². The summed E-state index contributed by atoms with van der Waals surface area (Å²) < 4.78 is 0. The monoisotopic (exact) mass is 295 g/mol. The van der Waals surface area contributed by atoms with Crippen LogP contribution >= 0.6 is 11.8 Å². The van der Waals surface area contributed by atoms with E-state index < -0.39 is 0 Å². The molecule has 2 saturated heterocycles. The molecule has 21 heavy (non-hydrogen) atoms. The van der Waals surface area contributed by atoms with Crippen LogP contribution in [0.3, 0.4) is 0 Å². The number of hydrogen-bond acceptors (Lipinski definition) is 2. The lowest BCUT2D eigenvalue weighted by atomic mass is 9.63. The quantitative estimate of drug-likeness (QED) is 0.906. The van der Waals surface area contributed by atoms with E-state index in [4.69, 9.17) is 0 Å². The minimum atomic E-state index is 0.182. The third-order valence-electron chi connectivity index (χ3n) is 5.20. The van der Waals surface area contributed by atoms with E-state index in [0.717, 1.165) is 18.3 Å². The largest absolute Gasteiger partial charge is 0.315 e. The summed E-state index contributed by atoms with van der Waals surface area (Å²) in [4.78, 5) is 0. The fraction of sp³-hybridized carbons (Fsp3) is 0.368. The lowest BCUT2D eigenvalue weighted by Crippen LogP contribution is -2.45. The van der Waals surface area contributed by atoms with Crippen molar-refractivity contribution in [2.45, 2.75) is 17.1 Å². The molecular formula is C19H21NS. The second-order valence-corrected chi connectivity index (χ2v) is 7.47. The Labute approximate surface area is 131 Å². The molecule has 1 nitrogen and oxygen atoms in total. The van der Waals surface area contributed by atoms with Gasteiger partial charge >= 0.3 is 0 Å². The number of fused-ring (bicyclic) bond motifs is 1. The Morgan fingerprint density at radius 2 is 1.48 bits per heavy atom. The van der Waals surface area contributed by atoms with E-state index in [1.165, 1.54) is 23.3 Å². The van der Waals surface area contributed by atoms with Crippen molar-refractivity contribution < 1.29 is 0 Å². The Balaban J connectivity index is 1.90. The van der Waals surface area contributed by atoms with E-state index in [2.05, 4.69) is 77.7 Å². The van der Waals surface area contributed by atoms with Crippen LogP contribution in [-0.4, -0.2) is 24.1 Å². The first-order chi connectivity index (χ1) is 10.4. The van der Waals surface area contributed by atoms with E-state index in [1.807, 2.05) is 0 Å². The molecule has 2 aromatic rings. The fourth-order valence-corrected chi connectivity index (χ4v) is 5.77. The van der Waals surface area contributed by atoms with Crippen LogP contribution in [0.15, 0.2) is 60.7 Å². The van der Waals surface area contributed by atoms with Crippen LogP contribution in [0.2, 0.25) is 0 Å². The Hall–Kier alpha value is -1.25. The minimum Gasteiger partial charge on any atom is -0.315 e. The number of rotatable bonds is 2. The maximum Gasteiger partial charge on any atom is 0.0262 e. The topological polar surface area (TPSA) is 12.0 Å². The summed E-state index contributed by atoms with van der Waals surface area (Å²) in [7, 11) is 0. The van der Waals surface area contributed by atoms with Gasteiger partial charge in [-0.05, 0) is 29.2 Å². The molecule has 2 aliphatic heterocycles. The Kier molecular flexibility index (Phi) is 3.52. The molecule has 108 valence electrons. The van der Waals surface area contributed by atoms with Crippen molar-refractivity contribution >= 4 is 11.8 Å². The van der Waals surface area contributed by atoms with Gasteiger partial charge in [0.1, 0.15) is 0 Å². The zero-order valence-corrected chi connectivity index (χ0v) is 13.0. The number of benzene rings is 2. The molecular weight excluding hydrogens is 274 g/mol. The third-order valence-corrected chi connectivity index (χ3v) is 6.56. The second kappa shape index (κ2) is 5.51. The molecule has 2 heteroatoms. The van der Waals surface area contributed by atoms with Crippen LogP contribution in [0.5, 0.6) is 0 Å². The smallest absolute Gasteiger partial charge is 0.0262 e. The van der Waals surface area contributed by atoms with Gasteiger partial charge in [-0.1, -0.05) is 60.7 Å². The van der Waals surface area contributed by atoms with Gasteiger partial charge in [0.15, 0.2) is 0 Å². The molecule has 4 rings (SSSR count). The molecule has 2 aliphatic rings. The maximum absolute atomic E-state index is 3.64. The first kappa shape index (κ1) is 13.4. The summed E-state index contributed by atoms with van der Waals surface area (Å²) in [5.41, 5.74) is 3.17. The molecule has 0 aromatic heterocycles. The van der Waals surface area contributed by atoms with E-state index in [1.54, 1.807) is 0 Å². The van der Waals surface area contributed by atoms with Crippen molar-refractivity contribution in [3.05, 3.63) is 71.8 Å². The molecule has 2 fully saturated rings. The van der Waals surface area contributed by atoms with E-state index in [9.17, 15) is 0 Å². The highest BCUT2D eigenvalue weighted by Gasteiger charge is 2.49. The molecule has 0 aliphatic carbocycles. The van der Waals surface area contributed by atoms with Crippen molar-refractivity contribution in [2.75, 3.05) is 18.8 Å². The highest BCUT2D eigenvalue weighted by molar-refractivity contribution is 8.00. The van der Waals surface area contributed by atoms with Gasteiger partial charge in [0.2, 0.25) is 0 Å². The molecule has 0 bridgehead atoms. The number of hydrogen-bond donors (Lipinski definition) is 1. The first-order valence-electron chi connectivity index (χ1n) is 7.84. The van der Waals surface area contributed by atoms with E-state index in [0.29, 0.717) is 5.92 Å². The predicted octanol–water partition coefficient (Wildman–Crippen LogP) is 3.70. The predicted molar refractivity (Wildman–Crippen MR) is 90.9 cm³/mol. The Morgan fingerprint density at radius 1 is 0.857 bits per heavy atom. The Morgan fingerprint density at radius 3 is 2.10 bits per heavy atom. The van der Waals surface area contributed by atoms with Crippen LogP contribution in [-0.2, 0) is 5.41 Å². The average Bonchev–Trinajstić information content (AvgIpc) is 3.05. The first-order valence-corrected chi connectivity index (χ1v) is 8.89. The van der Waals surface area contributed by atoms with Crippen LogP contribution < -0.4 is 5.32 Å². The molecule has 2 atom stereocenters. The van der Waals surface area contributed by atoms with Crippen LogP contribution in [0.25, 0.3) is 0 Å². The van der Waals surface area contributed by atoms with Crippen molar-refractivity contribution in [1.29, 1.82) is 0 Å². The standard InChI is InChI=1S/C19H21NS/c1-3-7-15(8-4-1)19(16-9-5-2-6-10-16)11-12-21-18-14-20-13-17(18)19/h1-10,17-18,20H,11-14H2. The van der Waals surface area contributed by atoms with Gasteiger partial charge in [0, 0.05) is 23.8 Å². The van der Waals surface area contributed by atoms with Gasteiger partial charge in [-0.3, -0.25) is 0 Å². The molecule has 0 saturated carbocycles. The second-order valence-electron chi connectivity index (χ2n) is 6.13. The molecule has 0 spiro atoms. The SMILES string of the molecule is c1ccc(C2(c3ccccc3)CCSC3CNCC32)cc1. The van der Waals surface area contributed by atoms with E-state index in [-0.39, 0.29) is 5.41 Å². The third kappa shape index (κ3) is 2.13. The molecule has 1 N–H and O–H groups in total. The molecule has 2 aromatic carbocycles. The summed E-state index contributed by atoms with van der Waals surface area (Å²) in [5, 5.41) is 4.39. The van der Waals surface area contributed by atoms with Crippen molar-refractivity contribution in [3.8, 4) is 0 Å². The maximum atomic E-state index is 3.64. The fourth-order valence-electron chi connectivity index (χ4n) is 4.23. The summed E-state index contributed by atoms with van der Waals surface area (Å²) >= 11 is 2.16. The van der Waals surface area contributed by atoms with Gasteiger partial charge in [-0.2, -0.15) is 11.8 Å². The van der Waals surface area contributed by atoms with Crippen LogP contribution in [0.1, 0.15) is 17.5 Å². The van der Waals surface area contributed by atoms with E-state index >= 15 is 0 Å². The Bertz CT molecular complexity index is 556. The summed E-state index contributed by atoms with van der Waals surface area (Å²) in [6.07, 6.45) is 1.24. The summed E-state index contributed by atoms with van der Waals surface area (Å²) in [6.45, 7) is 2.30. The van der Waals surface area contributed by atoms with Crippen LogP contribution in [0, 0.1) is 5.92 Å². The van der Waals surface area contributed by atoms with Gasteiger partial charge in [-0.25, -0.2) is 0 Å². The van der Waals surface area contributed by atoms with Crippen molar-refractivity contribution in [3.63, 3.8) is 0 Å². The normalized spacial score (nSPS) is 27.2. The molecule has 2 heterocycles. The lowest BCUT2D eigenvalue weighted by Gasteiger charge is -2.46. The highest BCUT2D eigenvalue weighted by atomic mass is 32.2. The van der Waals surface area contributed by atoms with Gasteiger partial charge in [-0.15, -0.1) is 0 Å². The van der Waals surface area contributed by atoms with Crippen LogP contribution in [0.4, 0.5) is 0 Å². The average molecular weight is 295 g/mol. The van der Waals surface area contributed by atoms with Gasteiger partial charge in [0.25, 0.3) is 0 Å². The molecule has 2 unspecified atom stereocenters. The van der Waals surface area contributed by atoms with Crippen molar-refractivity contribution in [1.82, 2.24) is 5.32 Å². The zero-order valence-electron chi connectivity index (χ0n) is 12.2. The summed E-state index contributed by atoms with van der Waals surface area (Å²) in [5.74, 6) is 1.95. The van der Waals surface area contributed by atoms with Gasteiger partial charge in [0.05, 0.1) is 0 Å². The summed E-state index contributed by atoms with van der Waals surface area (Å²) in [6, 6.07) is 22.4. The zero-order chi connectivity index (χ0) is 14.1. The highest BCUT2D eigenvalue weighted by Crippen LogP contribution is 2.51.